The molecule has 4 rings (SSSR count). The monoisotopic (exact) mass is 556 g/mol. The lowest BCUT2D eigenvalue weighted by atomic mass is 9.90. The third-order valence-corrected chi connectivity index (χ3v) is 7.79. The smallest absolute Gasteiger partial charge is 0.405 e. The second kappa shape index (κ2) is 15.0. The van der Waals surface area contributed by atoms with Crippen molar-refractivity contribution >= 4 is 12.0 Å². The summed E-state index contributed by atoms with van der Waals surface area (Å²) in [5, 5.41) is 0. The van der Waals surface area contributed by atoms with E-state index in [1.54, 1.807) is 24.1 Å². The molecule has 2 amide bonds. The zero-order valence-electron chi connectivity index (χ0n) is 23.3. The number of nitrogens with zero attached hydrogens (tertiary/aromatic N) is 3. The fourth-order valence-electron chi connectivity index (χ4n) is 5.48. The summed E-state index contributed by atoms with van der Waals surface area (Å²) in [7, 11) is 1.59. The van der Waals surface area contributed by atoms with Gasteiger partial charge in [-0.3, -0.25) is 9.69 Å². The zero-order chi connectivity index (χ0) is 28.3. The fourth-order valence-corrected chi connectivity index (χ4v) is 5.48. The molecule has 2 N–H and O–H groups in total. The Morgan fingerprint density at radius 2 is 1.68 bits per heavy atom. The highest BCUT2D eigenvalue weighted by Gasteiger charge is 2.37. The average Bonchev–Trinajstić information content (AvgIpc) is 2.97. The van der Waals surface area contributed by atoms with Crippen LogP contribution in [0.1, 0.15) is 24.0 Å². The number of carbonyl (C=O) groups excluding carboxylic acids is 2. The minimum atomic E-state index is -0.927. The number of benzene rings is 2. The van der Waals surface area contributed by atoms with Gasteiger partial charge in [-0.25, -0.2) is 9.18 Å². The van der Waals surface area contributed by atoms with Crippen LogP contribution in [0.3, 0.4) is 0 Å². The Labute approximate surface area is 235 Å². The van der Waals surface area contributed by atoms with Crippen LogP contribution < -0.4 is 10.5 Å². The molecule has 0 bridgehead atoms. The number of rotatable bonds is 12. The van der Waals surface area contributed by atoms with Crippen molar-refractivity contribution in [3.05, 3.63) is 65.5 Å². The number of amides is 2. The molecule has 10 heteroatoms. The standard InChI is InChI=1S/C30H41FN4O5/c1-38-20-21-39-27-9-5-8-26(31)25(27)22-34-16-18-35(19-17-34)29(36)28(40-30(32)37)24-11-14-33(15-12-24)13-10-23-6-3-2-4-7-23/h2-9,24,28H,10-22H2,1H3,(H2,32,37)/t28-/m1/s1. The zero-order valence-corrected chi connectivity index (χ0v) is 23.3. The SMILES string of the molecule is COCCOc1cccc(F)c1CN1CCN(C(=O)[C@H](OC(N)=O)C2CCN(CCc3ccccc3)CC2)CC1. The normalized spacial score (nSPS) is 17.9. The van der Waals surface area contributed by atoms with E-state index in [0.29, 0.717) is 57.3 Å². The highest BCUT2D eigenvalue weighted by Crippen LogP contribution is 2.27. The first-order chi connectivity index (χ1) is 19.4. The van der Waals surface area contributed by atoms with Crippen molar-refractivity contribution in [1.82, 2.24) is 14.7 Å². The molecule has 2 saturated heterocycles. The van der Waals surface area contributed by atoms with Gasteiger partial charge >= 0.3 is 6.09 Å². The van der Waals surface area contributed by atoms with Crippen LogP contribution in [0, 0.1) is 11.7 Å². The van der Waals surface area contributed by atoms with Crippen molar-refractivity contribution in [1.29, 1.82) is 0 Å². The van der Waals surface area contributed by atoms with Crippen molar-refractivity contribution in [2.45, 2.75) is 31.9 Å². The molecule has 2 fully saturated rings. The summed E-state index contributed by atoms with van der Waals surface area (Å²) in [5.41, 5.74) is 7.18. The Bertz CT molecular complexity index is 1090. The topological polar surface area (TPSA) is 97.6 Å². The van der Waals surface area contributed by atoms with E-state index >= 15 is 0 Å². The Balaban J connectivity index is 1.29. The lowest BCUT2D eigenvalue weighted by Crippen LogP contribution is -2.54. The summed E-state index contributed by atoms with van der Waals surface area (Å²) < 4.78 is 30.8. The number of hydrogen-bond acceptors (Lipinski definition) is 7. The molecule has 0 aromatic heterocycles. The molecule has 40 heavy (non-hydrogen) atoms. The van der Waals surface area contributed by atoms with Crippen LogP contribution in [0.2, 0.25) is 0 Å². The fraction of sp³-hybridized carbons (Fsp3) is 0.533. The molecular formula is C30H41FN4O5. The number of carbonyl (C=O) groups is 2. The van der Waals surface area contributed by atoms with Crippen LogP contribution in [0.5, 0.6) is 5.75 Å². The Morgan fingerprint density at radius 1 is 0.950 bits per heavy atom. The molecule has 0 radical (unpaired) electrons. The second-order valence-electron chi connectivity index (χ2n) is 10.4. The first-order valence-electron chi connectivity index (χ1n) is 14.1. The molecular weight excluding hydrogens is 515 g/mol. The molecule has 2 heterocycles. The molecule has 2 aliphatic rings. The molecule has 0 saturated carbocycles. The minimum absolute atomic E-state index is 0.0729. The van der Waals surface area contributed by atoms with Crippen molar-refractivity contribution in [3.63, 3.8) is 0 Å². The Hall–Kier alpha value is -3.21. The van der Waals surface area contributed by atoms with Crippen LogP contribution in [-0.2, 0) is 27.2 Å². The number of likely N-dealkylation sites (tertiary alicyclic amines) is 1. The predicted molar refractivity (Wildman–Crippen MR) is 149 cm³/mol. The first kappa shape index (κ1) is 29.8. The number of ether oxygens (including phenoxy) is 3. The van der Waals surface area contributed by atoms with Crippen molar-refractivity contribution in [3.8, 4) is 5.75 Å². The van der Waals surface area contributed by atoms with Crippen LogP contribution in [0.25, 0.3) is 0 Å². The number of nitrogens with two attached hydrogens (primary N) is 1. The summed E-state index contributed by atoms with van der Waals surface area (Å²) >= 11 is 0. The van der Waals surface area contributed by atoms with Crippen molar-refractivity contribution in [2.24, 2.45) is 11.7 Å². The van der Waals surface area contributed by atoms with Gasteiger partial charge in [0.2, 0.25) is 0 Å². The van der Waals surface area contributed by atoms with E-state index in [-0.39, 0.29) is 17.6 Å². The number of piperazine rings is 1. The van der Waals surface area contributed by atoms with E-state index < -0.39 is 12.2 Å². The van der Waals surface area contributed by atoms with Gasteiger partial charge in [0, 0.05) is 57.9 Å². The van der Waals surface area contributed by atoms with E-state index in [0.717, 1.165) is 38.9 Å². The van der Waals surface area contributed by atoms with Gasteiger partial charge in [-0.1, -0.05) is 36.4 Å². The summed E-state index contributed by atoms with van der Waals surface area (Å²) in [4.78, 5) is 31.5. The van der Waals surface area contributed by atoms with Crippen LogP contribution in [0.4, 0.5) is 9.18 Å². The number of methoxy groups -OCH3 is 1. The van der Waals surface area contributed by atoms with E-state index in [1.165, 1.54) is 11.6 Å². The number of primary amides is 1. The lowest BCUT2D eigenvalue weighted by molar-refractivity contribution is -0.146. The molecule has 2 aromatic rings. The van der Waals surface area contributed by atoms with Crippen LogP contribution in [0.15, 0.2) is 48.5 Å². The molecule has 2 aromatic carbocycles. The van der Waals surface area contributed by atoms with Gasteiger partial charge in [-0.2, -0.15) is 0 Å². The molecule has 1 atom stereocenters. The molecule has 9 nitrogen and oxygen atoms in total. The van der Waals surface area contributed by atoms with Crippen molar-refractivity contribution < 1.29 is 28.2 Å². The quantitative estimate of drug-likeness (QED) is 0.402. The van der Waals surface area contributed by atoms with E-state index in [9.17, 15) is 14.0 Å². The van der Waals surface area contributed by atoms with Crippen LogP contribution >= 0.6 is 0 Å². The van der Waals surface area contributed by atoms with Crippen molar-refractivity contribution in [2.75, 3.05) is 66.1 Å². The highest BCUT2D eigenvalue weighted by molar-refractivity contribution is 5.83. The second-order valence-corrected chi connectivity index (χ2v) is 10.4. The molecule has 0 spiro atoms. The Kier molecular flexibility index (Phi) is 11.1. The predicted octanol–water partition coefficient (Wildman–Crippen LogP) is 2.91. The summed E-state index contributed by atoms with van der Waals surface area (Å²) in [6, 6.07) is 15.2. The largest absolute Gasteiger partial charge is 0.491 e. The number of halogens is 1. The van der Waals surface area contributed by atoms with Gasteiger partial charge in [0.05, 0.1) is 6.61 Å². The first-order valence-corrected chi connectivity index (χ1v) is 14.1. The lowest BCUT2D eigenvalue weighted by Gasteiger charge is -2.39. The van der Waals surface area contributed by atoms with E-state index in [1.807, 2.05) is 6.07 Å². The van der Waals surface area contributed by atoms with Gasteiger partial charge in [0.15, 0.2) is 6.10 Å². The number of piperidine rings is 1. The van der Waals surface area contributed by atoms with E-state index in [4.69, 9.17) is 19.9 Å². The van der Waals surface area contributed by atoms with Gasteiger partial charge in [0.25, 0.3) is 5.91 Å². The molecule has 0 unspecified atom stereocenters. The van der Waals surface area contributed by atoms with Gasteiger partial charge in [-0.15, -0.1) is 0 Å². The summed E-state index contributed by atoms with van der Waals surface area (Å²) in [6.07, 6.45) is 0.690. The maximum absolute atomic E-state index is 14.6. The van der Waals surface area contributed by atoms with E-state index in [2.05, 4.69) is 34.1 Å². The Morgan fingerprint density at radius 3 is 2.35 bits per heavy atom. The van der Waals surface area contributed by atoms with Gasteiger partial charge in [-0.05, 0) is 50.0 Å². The van der Waals surface area contributed by atoms with Crippen LogP contribution in [-0.4, -0.2) is 98.9 Å². The summed E-state index contributed by atoms with van der Waals surface area (Å²) in [5.74, 6) is -0.0917. The third kappa shape index (κ3) is 8.39. The molecule has 2 aliphatic heterocycles. The molecule has 0 aliphatic carbocycles. The average molecular weight is 557 g/mol. The highest BCUT2D eigenvalue weighted by atomic mass is 19.1. The maximum Gasteiger partial charge on any atom is 0.405 e. The molecule has 218 valence electrons. The van der Waals surface area contributed by atoms with Gasteiger partial charge in [0.1, 0.15) is 18.2 Å². The van der Waals surface area contributed by atoms with Gasteiger partial charge < -0.3 is 29.7 Å². The minimum Gasteiger partial charge on any atom is -0.491 e. The maximum atomic E-state index is 14.6. The number of hydrogen-bond donors (Lipinski definition) is 1. The third-order valence-electron chi connectivity index (χ3n) is 7.79. The summed E-state index contributed by atoms with van der Waals surface area (Å²) in [6.45, 7) is 5.82.